The van der Waals surface area contributed by atoms with Crippen molar-refractivity contribution in [2.45, 2.75) is 40.0 Å². The van der Waals surface area contributed by atoms with Gasteiger partial charge in [0.25, 0.3) is 0 Å². The van der Waals surface area contributed by atoms with Gasteiger partial charge >= 0.3 is 6.09 Å². The van der Waals surface area contributed by atoms with E-state index in [1.807, 2.05) is 24.8 Å². The SMILES string of the molecule is CCOC(=O)N1CCN(C(=O)CCCCOc2cc(C)ccc2C)CC1. The third-order valence-corrected chi connectivity index (χ3v) is 4.54. The van der Waals surface area contributed by atoms with Crippen LogP contribution in [0.4, 0.5) is 4.79 Å². The summed E-state index contributed by atoms with van der Waals surface area (Å²) in [6.07, 6.45) is 1.89. The third-order valence-electron chi connectivity index (χ3n) is 4.54. The van der Waals surface area contributed by atoms with Gasteiger partial charge in [-0.25, -0.2) is 4.79 Å². The van der Waals surface area contributed by atoms with Crippen LogP contribution in [0.3, 0.4) is 0 Å². The molecule has 1 aromatic carbocycles. The number of hydrogen-bond acceptors (Lipinski definition) is 4. The lowest BCUT2D eigenvalue weighted by Crippen LogP contribution is -2.50. The largest absolute Gasteiger partial charge is 0.493 e. The van der Waals surface area contributed by atoms with Gasteiger partial charge in [0.15, 0.2) is 0 Å². The fraction of sp³-hybridized carbons (Fsp3) is 0.600. The Morgan fingerprint density at radius 1 is 1.04 bits per heavy atom. The van der Waals surface area contributed by atoms with Gasteiger partial charge in [-0.2, -0.15) is 0 Å². The van der Waals surface area contributed by atoms with Gasteiger partial charge in [0.1, 0.15) is 5.75 Å². The Morgan fingerprint density at radius 2 is 1.73 bits per heavy atom. The molecule has 1 aliphatic heterocycles. The third kappa shape index (κ3) is 5.93. The maximum Gasteiger partial charge on any atom is 0.409 e. The molecular formula is C20H30N2O4. The van der Waals surface area contributed by atoms with E-state index in [-0.39, 0.29) is 12.0 Å². The molecule has 0 spiro atoms. The summed E-state index contributed by atoms with van der Waals surface area (Å²) in [5.41, 5.74) is 2.31. The second kappa shape index (κ2) is 10.0. The molecule has 0 bridgehead atoms. The Kier molecular flexibility index (Phi) is 7.75. The van der Waals surface area contributed by atoms with Crippen molar-refractivity contribution in [1.82, 2.24) is 9.80 Å². The number of ether oxygens (including phenoxy) is 2. The fourth-order valence-corrected chi connectivity index (χ4v) is 2.93. The molecular weight excluding hydrogens is 332 g/mol. The summed E-state index contributed by atoms with van der Waals surface area (Å²) in [5, 5.41) is 0. The van der Waals surface area contributed by atoms with Crippen molar-refractivity contribution in [2.75, 3.05) is 39.4 Å². The quantitative estimate of drug-likeness (QED) is 0.699. The Morgan fingerprint density at radius 3 is 2.42 bits per heavy atom. The number of rotatable bonds is 7. The van der Waals surface area contributed by atoms with E-state index in [0.29, 0.717) is 45.8 Å². The predicted octanol–water partition coefficient (Wildman–Crippen LogP) is 3.15. The molecule has 0 radical (unpaired) electrons. The highest BCUT2D eigenvalue weighted by Crippen LogP contribution is 2.19. The molecule has 0 aliphatic carbocycles. The van der Waals surface area contributed by atoms with Gasteiger partial charge in [0.05, 0.1) is 13.2 Å². The van der Waals surface area contributed by atoms with Crippen LogP contribution >= 0.6 is 0 Å². The van der Waals surface area contributed by atoms with Crippen LogP contribution in [0.1, 0.15) is 37.3 Å². The van der Waals surface area contributed by atoms with Gasteiger partial charge in [-0.1, -0.05) is 12.1 Å². The van der Waals surface area contributed by atoms with Crippen molar-refractivity contribution < 1.29 is 19.1 Å². The zero-order chi connectivity index (χ0) is 18.9. The number of piperazine rings is 1. The van der Waals surface area contributed by atoms with Crippen LogP contribution < -0.4 is 4.74 Å². The molecule has 0 unspecified atom stereocenters. The zero-order valence-electron chi connectivity index (χ0n) is 16.1. The van der Waals surface area contributed by atoms with Crippen molar-refractivity contribution >= 4 is 12.0 Å². The first-order valence-corrected chi connectivity index (χ1v) is 9.40. The summed E-state index contributed by atoms with van der Waals surface area (Å²) in [7, 11) is 0. The van der Waals surface area contributed by atoms with E-state index in [1.54, 1.807) is 11.8 Å². The molecule has 1 saturated heterocycles. The molecule has 1 heterocycles. The van der Waals surface area contributed by atoms with Gasteiger partial charge in [-0.15, -0.1) is 0 Å². The van der Waals surface area contributed by atoms with Crippen LogP contribution in [0.15, 0.2) is 18.2 Å². The predicted molar refractivity (Wildman–Crippen MR) is 100 cm³/mol. The van der Waals surface area contributed by atoms with Crippen LogP contribution in [-0.4, -0.2) is 61.2 Å². The molecule has 1 aliphatic rings. The number of hydrogen-bond donors (Lipinski definition) is 0. The highest BCUT2D eigenvalue weighted by Gasteiger charge is 2.24. The highest BCUT2D eigenvalue weighted by atomic mass is 16.6. The van der Waals surface area contributed by atoms with E-state index in [1.165, 1.54) is 5.56 Å². The Bertz CT molecular complexity index is 610. The number of carbonyl (C=O) groups excluding carboxylic acids is 2. The van der Waals surface area contributed by atoms with Crippen LogP contribution in [0.2, 0.25) is 0 Å². The standard InChI is InChI=1S/C20H30N2O4/c1-4-25-20(24)22-12-10-21(11-13-22)19(23)7-5-6-14-26-18-15-16(2)8-9-17(18)3/h8-9,15H,4-7,10-14H2,1-3H3. The van der Waals surface area contributed by atoms with Crippen molar-refractivity contribution in [3.8, 4) is 5.75 Å². The second-order valence-corrected chi connectivity index (χ2v) is 6.64. The van der Waals surface area contributed by atoms with Gasteiger partial charge in [0, 0.05) is 32.6 Å². The average Bonchev–Trinajstić information content (AvgIpc) is 2.64. The first kappa shape index (κ1) is 20.1. The first-order chi connectivity index (χ1) is 12.5. The van der Waals surface area contributed by atoms with E-state index >= 15 is 0 Å². The molecule has 6 nitrogen and oxygen atoms in total. The molecule has 144 valence electrons. The summed E-state index contributed by atoms with van der Waals surface area (Å²) >= 11 is 0. The molecule has 2 amide bonds. The van der Waals surface area contributed by atoms with Crippen molar-refractivity contribution in [3.63, 3.8) is 0 Å². The Hall–Kier alpha value is -2.24. The summed E-state index contributed by atoms with van der Waals surface area (Å²) in [4.78, 5) is 27.4. The minimum Gasteiger partial charge on any atom is -0.493 e. The highest BCUT2D eigenvalue weighted by molar-refractivity contribution is 5.76. The molecule has 0 saturated carbocycles. The summed E-state index contributed by atoms with van der Waals surface area (Å²) in [6.45, 7) is 9.12. The number of carbonyl (C=O) groups is 2. The topological polar surface area (TPSA) is 59.1 Å². The number of unbranched alkanes of at least 4 members (excludes halogenated alkanes) is 1. The number of benzene rings is 1. The summed E-state index contributed by atoms with van der Waals surface area (Å²) in [6, 6.07) is 6.18. The Balaban J connectivity index is 1.62. The Labute approximate surface area is 156 Å². The van der Waals surface area contributed by atoms with Crippen LogP contribution in [0.25, 0.3) is 0 Å². The monoisotopic (exact) mass is 362 g/mol. The maximum absolute atomic E-state index is 12.3. The van der Waals surface area contributed by atoms with Crippen molar-refractivity contribution in [2.24, 2.45) is 0 Å². The molecule has 1 fully saturated rings. The molecule has 0 atom stereocenters. The summed E-state index contributed by atoms with van der Waals surface area (Å²) in [5.74, 6) is 1.08. The lowest BCUT2D eigenvalue weighted by atomic mass is 10.1. The van der Waals surface area contributed by atoms with Gasteiger partial charge in [-0.3, -0.25) is 4.79 Å². The zero-order valence-corrected chi connectivity index (χ0v) is 16.1. The van der Waals surface area contributed by atoms with Gasteiger partial charge in [-0.05, 0) is 50.8 Å². The molecule has 2 rings (SSSR count). The first-order valence-electron chi connectivity index (χ1n) is 9.40. The lowest BCUT2D eigenvalue weighted by molar-refractivity contribution is -0.132. The fourth-order valence-electron chi connectivity index (χ4n) is 2.93. The summed E-state index contributed by atoms with van der Waals surface area (Å²) < 4.78 is 10.8. The molecule has 6 heteroatoms. The molecule has 1 aromatic rings. The number of nitrogens with zero attached hydrogens (tertiary/aromatic N) is 2. The van der Waals surface area contributed by atoms with E-state index in [0.717, 1.165) is 24.2 Å². The minimum atomic E-state index is -0.289. The van der Waals surface area contributed by atoms with E-state index in [2.05, 4.69) is 12.1 Å². The number of amides is 2. The van der Waals surface area contributed by atoms with Crippen molar-refractivity contribution in [1.29, 1.82) is 0 Å². The molecule has 0 aromatic heterocycles. The van der Waals surface area contributed by atoms with E-state index < -0.39 is 0 Å². The maximum atomic E-state index is 12.3. The van der Waals surface area contributed by atoms with Crippen molar-refractivity contribution in [3.05, 3.63) is 29.3 Å². The van der Waals surface area contributed by atoms with Gasteiger partial charge < -0.3 is 19.3 Å². The molecule has 0 N–H and O–H groups in total. The van der Waals surface area contributed by atoms with Crippen LogP contribution in [-0.2, 0) is 9.53 Å². The normalized spacial score (nSPS) is 14.3. The lowest BCUT2D eigenvalue weighted by Gasteiger charge is -2.34. The second-order valence-electron chi connectivity index (χ2n) is 6.64. The smallest absolute Gasteiger partial charge is 0.409 e. The van der Waals surface area contributed by atoms with Crippen LogP contribution in [0.5, 0.6) is 5.75 Å². The number of aryl methyl sites for hydroxylation is 2. The van der Waals surface area contributed by atoms with E-state index in [4.69, 9.17) is 9.47 Å². The van der Waals surface area contributed by atoms with Crippen LogP contribution in [0, 0.1) is 13.8 Å². The minimum absolute atomic E-state index is 0.153. The average molecular weight is 362 g/mol. The van der Waals surface area contributed by atoms with E-state index in [9.17, 15) is 9.59 Å². The van der Waals surface area contributed by atoms with Gasteiger partial charge in [0.2, 0.25) is 5.91 Å². The molecule has 26 heavy (non-hydrogen) atoms.